The van der Waals surface area contributed by atoms with Crippen molar-refractivity contribution >= 4 is 78.7 Å². The summed E-state index contributed by atoms with van der Waals surface area (Å²) in [5.74, 6) is 3.55. The molecule has 23 heteroatoms. The van der Waals surface area contributed by atoms with Crippen LogP contribution in [0.25, 0.3) is 43.6 Å². The average Bonchev–Trinajstić information content (AvgIpc) is 2.96. The van der Waals surface area contributed by atoms with Crippen LogP contribution in [0.4, 0.5) is 16.0 Å². The van der Waals surface area contributed by atoms with Gasteiger partial charge in [0, 0.05) is 95.5 Å². The zero-order valence-electron chi connectivity index (χ0n) is 48.2. The summed E-state index contributed by atoms with van der Waals surface area (Å²) in [6.07, 6.45) is 12.3. The zero-order valence-corrected chi connectivity index (χ0v) is 48.9. The van der Waals surface area contributed by atoms with Gasteiger partial charge in [0.2, 0.25) is 23.6 Å². The van der Waals surface area contributed by atoms with Gasteiger partial charge in [0.15, 0.2) is 5.75 Å². The summed E-state index contributed by atoms with van der Waals surface area (Å²) in [4.78, 5) is 63.2. The summed E-state index contributed by atoms with van der Waals surface area (Å²) in [7, 11) is 0. The number of hydrogen-bond acceptors (Lipinski definition) is 17. The number of benzene rings is 4. The number of amides is 2. The van der Waals surface area contributed by atoms with Crippen LogP contribution in [0, 0.1) is 12.7 Å². The first-order chi connectivity index (χ1) is 42.4. The van der Waals surface area contributed by atoms with Crippen LogP contribution < -0.4 is 28.7 Å². The van der Waals surface area contributed by atoms with Crippen LogP contribution in [0.2, 0.25) is 5.02 Å². The minimum Gasteiger partial charge on any atom is -0.436 e. The van der Waals surface area contributed by atoms with Gasteiger partial charge in [0.05, 0.1) is 45.0 Å². The van der Waals surface area contributed by atoms with Gasteiger partial charge >= 0.3 is 12.0 Å². The fourth-order valence-corrected chi connectivity index (χ4v) is 11.6. The molecule has 14 rings (SSSR count). The first-order valence-corrected chi connectivity index (χ1v) is 29.3. The van der Waals surface area contributed by atoms with Crippen molar-refractivity contribution < 1.29 is 32.9 Å². The first-order valence-electron chi connectivity index (χ1n) is 28.9. The molecule has 2 saturated heterocycles. The van der Waals surface area contributed by atoms with Crippen LogP contribution in [0.5, 0.6) is 46.8 Å². The molecule has 87 heavy (non-hydrogen) atoms. The average molecular weight is 1190 g/mol. The Morgan fingerprint density at radius 3 is 1.82 bits per heavy atom. The maximum Gasteiger partial charge on any atom is 0.324 e. The van der Waals surface area contributed by atoms with Crippen molar-refractivity contribution in [2.45, 2.75) is 58.5 Å². The Kier molecular flexibility index (Phi) is 15.5. The van der Waals surface area contributed by atoms with E-state index in [1.54, 1.807) is 34.5 Å². The molecule has 0 spiro atoms. The number of H-pyrrole nitrogens is 2. The predicted molar refractivity (Wildman–Crippen MR) is 329 cm³/mol. The number of carbonyl (C=O) groups is 2. The number of carbonyl (C=O) groups excluding carboxylic acids is 2. The van der Waals surface area contributed by atoms with E-state index in [2.05, 4.69) is 84.2 Å². The van der Waals surface area contributed by atoms with Gasteiger partial charge in [-0.3, -0.25) is 24.7 Å². The zero-order chi connectivity index (χ0) is 59.9. The van der Waals surface area contributed by atoms with Crippen molar-refractivity contribution in [2.75, 3.05) is 68.7 Å². The third-order valence-electron chi connectivity index (χ3n) is 16.3. The van der Waals surface area contributed by atoms with Gasteiger partial charge in [0.1, 0.15) is 50.8 Å². The molecule has 9 heterocycles. The van der Waals surface area contributed by atoms with E-state index in [1.165, 1.54) is 35.5 Å². The molecule has 0 atom stereocenters. The number of nitrogens with one attached hydrogen (secondary N) is 2. The van der Waals surface area contributed by atoms with E-state index in [1.807, 2.05) is 55.5 Å². The highest BCUT2D eigenvalue weighted by Crippen LogP contribution is 2.46. The molecule has 0 radical (unpaired) electrons. The molecule has 6 aromatic heterocycles. The normalized spacial score (nSPS) is 15.4. The van der Waals surface area contributed by atoms with Crippen LogP contribution >= 0.6 is 11.6 Å². The second-order valence-corrected chi connectivity index (χ2v) is 22.4. The number of fused-ring (bicyclic) bond motifs is 5. The minimum absolute atomic E-state index is 0.0682. The monoisotopic (exact) mass is 1190 g/mol. The molecule has 0 bridgehead atoms. The molecule has 2 N–H and O–H groups in total. The van der Waals surface area contributed by atoms with Crippen molar-refractivity contribution in [3.8, 4) is 46.8 Å². The summed E-state index contributed by atoms with van der Waals surface area (Å²) in [5.41, 5.74) is 6.69. The third kappa shape index (κ3) is 11.4. The molecule has 10 aromatic rings. The van der Waals surface area contributed by atoms with Crippen LogP contribution in [0.1, 0.15) is 54.9 Å². The molecule has 1 aliphatic carbocycles. The molecule has 2 amide bonds. The quantitative estimate of drug-likeness (QED) is 0.0966. The third-order valence-corrected chi connectivity index (χ3v) is 16.6. The lowest BCUT2D eigenvalue weighted by Gasteiger charge is -2.35. The summed E-state index contributed by atoms with van der Waals surface area (Å²) in [5, 5.41) is 16.5. The first kappa shape index (κ1) is 56.3. The number of nitrogens with zero attached hydrogens (tertiary/aromatic N) is 13. The Hall–Kier alpha value is -9.80. The van der Waals surface area contributed by atoms with Crippen molar-refractivity contribution in [2.24, 2.45) is 0 Å². The standard InChI is InChI=1S/C34H36N8O3.C30H25ClFN7O3/c1-5-29(43)40-15-17-41(18-16-40)32-25-11-13-35-33(45-31-22(4)9-10-27-26(31)19-36-39-27)30(25)37-34(38-32)44-28-8-6-7-23-20-42(21(2)3)14-12-24(23)28;1-2-24(40)38-11-13-39(14-12-38)28-19-9-10-33-29(42-27-20-16-34-37-22(20)15-21(32)25(27)31)26(19)35-30(36-28)41-23-6-4-3-5-18(23)17-7-8-17/h5-11,13,19,21H,1,12,14-18,20H2,2-4H3,(H,36,39);2-6,9-10,15-17H,1,7-8,11-14H2,(H,34,37). The van der Waals surface area contributed by atoms with Gasteiger partial charge in [0.25, 0.3) is 0 Å². The number of aryl methyl sites for hydroxylation is 1. The molecule has 1 saturated carbocycles. The fraction of sp³-hybridized carbons (Fsp3) is 0.281. The van der Waals surface area contributed by atoms with E-state index in [0.29, 0.717) is 121 Å². The number of pyridine rings is 2. The number of ether oxygens (including phenoxy) is 4. The summed E-state index contributed by atoms with van der Waals surface area (Å²) < 4.78 is 40.2. The van der Waals surface area contributed by atoms with E-state index >= 15 is 0 Å². The topological polar surface area (TPSA) is 222 Å². The highest BCUT2D eigenvalue weighted by atomic mass is 35.5. The molecule has 3 fully saturated rings. The van der Waals surface area contributed by atoms with Crippen LogP contribution in [-0.2, 0) is 22.6 Å². The molecular weight excluding hydrogens is 1130 g/mol. The number of aromatic amines is 2. The van der Waals surface area contributed by atoms with Gasteiger partial charge in [-0.05, 0) is 105 Å². The molecular formula is C64H61ClFN15O6. The number of halogens is 2. The van der Waals surface area contributed by atoms with Gasteiger partial charge in [-0.2, -0.15) is 30.1 Å². The molecule has 4 aliphatic rings. The highest BCUT2D eigenvalue weighted by Gasteiger charge is 2.31. The van der Waals surface area contributed by atoms with Crippen molar-refractivity contribution in [3.63, 3.8) is 0 Å². The van der Waals surface area contributed by atoms with Gasteiger partial charge in [-0.15, -0.1) is 0 Å². The number of anilines is 2. The number of hydrogen-bond donors (Lipinski definition) is 2. The largest absolute Gasteiger partial charge is 0.436 e. The lowest BCUT2D eigenvalue weighted by atomic mass is 9.98. The SMILES string of the molecule is C=CC(=O)N1CCN(c2nc(Oc3cccc4c3CCN(C(C)C)C4)nc3c(Oc4c(C)ccc5[nH]ncc45)nccc23)CC1.C=CC(=O)N1CCN(c2nc(Oc3ccccc3C3CC3)nc3c(Oc4c(Cl)c(F)cc5[nH]ncc45)nccc23)CC1. The molecule has 3 aliphatic heterocycles. The van der Waals surface area contributed by atoms with Crippen molar-refractivity contribution in [1.29, 1.82) is 0 Å². The number of rotatable bonds is 14. The minimum atomic E-state index is -0.661. The maximum atomic E-state index is 14.7. The number of piperazine rings is 2. The summed E-state index contributed by atoms with van der Waals surface area (Å²) in [6, 6.07) is 23.8. The van der Waals surface area contributed by atoms with Crippen molar-refractivity contribution in [1.82, 2.24) is 65.0 Å². The van der Waals surface area contributed by atoms with E-state index in [4.69, 9.17) is 50.5 Å². The molecule has 21 nitrogen and oxygen atoms in total. The van der Waals surface area contributed by atoms with Crippen LogP contribution in [0.15, 0.2) is 123 Å². The Labute approximate surface area is 504 Å². The number of aromatic nitrogens is 10. The fourth-order valence-electron chi connectivity index (χ4n) is 11.4. The van der Waals surface area contributed by atoms with Gasteiger partial charge in [-0.1, -0.05) is 61.2 Å². The van der Waals surface area contributed by atoms with E-state index in [0.717, 1.165) is 65.5 Å². The lowest BCUT2D eigenvalue weighted by molar-refractivity contribution is -0.127. The summed E-state index contributed by atoms with van der Waals surface area (Å²) in [6.45, 7) is 19.9. The van der Waals surface area contributed by atoms with Crippen LogP contribution in [-0.4, -0.2) is 142 Å². The van der Waals surface area contributed by atoms with E-state index in [-0.39, 0.29) is 40.5 Å². The van der Waals surface area contributed by atoms with E-state index < -0.39 is 5.82 Å². The van der Waals surface area contributed by atoms with E-state index in [9.17, 15) is 14.0 Å². The smallest absolute Gasteiger partial charge is 0.324 e. The Balaban J connectivity index is 0.000000161. The predicted octanol–water partition coefficient (Wildman–Crippen LogP) is 11.4. The second kappa shape index (κ2) is 23.9. The van der Waals surface area contributed by atoms with Gasteiger partial charge in [-0.25, -0.2) is 14.4 Å². The van der Waals surface area contributed by atoms with Crippen molar-refractivity contribution in [3.05, 3.63) is 156 Å². The molecule has 442 valence electrons. The molecule has 0 unspecified atom stereocenters. The van der Waals surface area contributed by atoms with Crippen LogP contribution in [0.3, 0.4) is 0 Å². The lowest BCUT2D eigenvalue weighted by Crippen LogP contribution is -2.48. The molecule has 4 aromatic carbocycles. The highest BCUT2D eigenvalue weighted by molar-refractivity contribution is 6.33. The number of para-hydroxylation sites is 1. The maximum absolute atomic E-state index is 14.7. The summed E-state index contributed by atoms with van der Waals surface area (Å²) >= 11 is 6.35. The Bertz CT molecular complexity index is 4310. The Morgan fingerprint density at radius 1 is 0.655 bits per heavy atom. The van der Waals surface area contributed by atoms with Gasteiger partial charge < -0.3 is 38.5 Å². The second-order valence-electron chi connectivity index (χ2n) is 22.0. The Morgan fingerprint density at radius 2 is 1.22 bits per heavy atom.